The molecule has 2 aliphatic rings. The van der Waals surface area contributed by atoms with Gasteiger partial charge in [-0.1, -0.05) is 38.0 Å². The van der Waals surface area contributed by atoms with Gasteiger partial charge in [0, 0.05) is 11.7 Å². The molecule has 1 heterocycles. The minimum Gasteiger partial charge on any atom is -0.324 e. The predicted octanol–water partition coefficient (Wildman–Crippen LogP) is 4.15. The Labute approximate surface area is 140 Å². The summed E-state index contributed by atoms with van der Waals surface area (Å²) in [7, 11) is 0. The number of fused-ring (bicyclic) bond motifs is 1. The number of likely N-dealkylation sites (tertiary alicyclic amines) is 1. The highest BCUT2D eigenvalue weighted by Crippen LogP contribution is 2.35. The molecule has 3 rings (SSSR count). The lowest BCUT2D eigenvalue weighted by Crippen LogP contribution is -2.49. The van der Waals surface area contributed by atoms with Gasteiger partial charge in [-0.25, -0.2) is 0 Å². The average Bonchev–Trinajstić information content (AvgIpc) is 2.57. The second kappa shape index (κ2) is 7.48. The molecule has 1 saturated carbocycles. The Morgan fingerprint density at radius 2 is 2.00 bits per heavy atom. The Bertz CT molecular complexity index is 553. The van der Waals surface area contributed by atoms with Gasteiger partial charge in [0.1, 0.15) is 0 Å². The SMILES string of the molecule is CCc1cccc(C)c1NC(=O)CN1CCC[C@H]2CCCC[C@@H]21. The maximum atomic E-state index is 12.6. The van der Waals surface area contributed by atoms with Crippen LogP contribution in [0, 0.1) is 12.8 Å². The van der Waals surface area contributed by atoms with Crippen LogP contribution < -0.4 is 5.32 Å². The van der Waals surface area contributed by atoms with Crippen molar-refractivity contribution in [1.29, 1.82) is 0 Å². The summed E-state index contributed by atoms with van der Waals surface area (Å²) in [4.78, 5) is 15.1. The van der Waals surface area contributed by atoms with Crippen LogP contribution in [-0.2, 0) is 11.2 Å². The van der Waals surface area contributed by atoms with Gasteiger partial charge < -0.3 is 5.32 Å². The van der Waals surface area contributed by atoms with E-state index in [0.717, 1.165) is 30.1 Å². The van der Waals surface area contributed by atoms with Gasteiger partial charge in [-0.3, -0.25) is 9.69 Å². The maximum absolute atomic E-state index is 12.6. The molecule has 1 aliphatic heterocycles. The van der Waals surface area contributed by atoms with E-state index in [1.165, 1.54) is 44.1 Å². The average molecular weight is 314 g/mol. The molecular weight excluding hydrogens is 284 g/mol. The van der Waals surface area contributed by atoms with E-state index >= 15 is 0 Å². The number of nitrogens with zero attached hydrogens (tertiary/aromatic N) is 1. The molecule has 3 nitrogen and oxygen atoms in total. The maximum Gasteiger partial charge on any atom is 0.238 e. The first kappa shape index (κ1) is 16.5. The van der Waals surface area contributed by atoms with Crippen LogP contribution in [0.4, 0.5) is 5.69 Å². The van der Waals surface area contributed by atoms with E-state index in [2.05, 4.69) is 42.3 Å². The van der Waals surface area contributed by atoms with E-state index in [0.29, 0.717) is 12.6 Å². The highest BCUT2D eigenvalue weighted by molar-refractivity contribution is 5.93. The second-order valence-corrected chi connectivity index (χ2v) is 7.24. The third kappa shape index (κ3) is 3.77. The number of rotatable bonds is 4. The standard InChI is InChI=1S/C20H30N2O/c1-3-16-10-6-8-15(2)20(16)21-19(23)14-22-13-7-11-17-9-4-5-12-18(17)22/h6,8,10,17-18H,3-5,7,9,11-14H2,1-2H3,(H,21,23)/t17-,18+/m1/s1. The number of carbonyl (C=O) groups is 1. The third-order valence-corrected chi connectivity index (χ3v) is 5.71. The normalized spacial score (nSPS) is 25.0. The van der Waals surface area contributed by atoms with Crippen LogP contribution >= 0.6 is 0 Å². The van der Waals surface area contributed by atoms with Crippen molar-refractivity contribution in [2.45, 2.75) is 64.8 Å². The number of hydrogen-bond acceptors (Lipinski definition) is 2. The van der Waals surface area contributed by atoms with Gasteiger partial charge >= 0.3 is 0 Å². The van der Waals surface area contributed by atoms with Crippen LogP contribution in [0.1, 0.15) is 56.6 Å². The van der Waals surface area contributed by atoms with E-state index in [9.17, 15) is 4.79 Å². The van der Waals surface area contributed by atoms with Gasteiger partial charge in [0.05, 0.1) is 6.54 Å². The second-order valence-electron chi connectivity index (χ2n) is 7.24. The van der Waals surface area contributed by atoms with Crippen molar-refractivity contribution in [3.05, 3.63) is 29.3 Å². The molecule has 1 aromatic rings. The Kier molecular flexibility index (Phi) is 5.37. The summed E-state index contributed by atoms with van der Waals surface area (Å²) >= 11 is 0. The molecule has 2 fully saturated rings. The van der Waals surface area contributed by atoms with E-state index in [1.54, 1.807) is 0 Å². The first-order valence-corrected chi connectivity index (χ1v) is 9.31. The molecule has 1 amide bonds. The van der Waals surface area contributed by atoms with Crippen molar-refractivity contribution in [3.8, 4) is 0 Å². The summed E-state index contributed by atoms with van der Waals surface area (Å²) in [6, 6.07) is 6.90. The van der Waals surface area contributed by atoms with Crippen LogP contribution in [0.3, 0.4) is 0 Å². The summed E-state index contributed by atoms with van der Waals surface area (Å²) in [5.74, 6) is 0.982. The van der Waals surface area contributed by atoms with E-state index in [4.69, 9.17) is 0 Å². The Morgan fingerprint density at radius 1 is 1.22 bits per heavy atom. The lowest BCUT2D eigenvalue weighted by atomic mass is 9.78. The number of nitrogens with one attached hydrogen (secondary N) is 1. The van der Waals surface area contributed by atoms with E-state index in [1.807, 2.05) is 0 Å². The molecule has 0 aromatic heterocycles. The van der Waals surface area contributed by atoms with Crippen molar-refractivity contribution in [2.75, 3.05) is 18.4 Å². The van der Waals surface area contributed by atoms with Crippen LogP contribution in [-0.4, -0.2) is 29.9 Å². The molecule has 1 N–H and O–H groups in total. The van der Waals surface area contributed by atoms with Gasteiger partial charge in [0.25, 0.3) is 0 Å². The van der Waals surface area contributed by atoms with Gasteiger partial charge in [-0.05, 0) is 62.6 Å². The van der Waals surface area contributed by atoms with Crippen molar-refractivity contribution >= 4 is 11.6 Å². The number of amides is 1. The minimum absolute atomic E-state index is 0.153. The largest absolute Gasteiger partial charge is 0.324 e. The van der Waals surface area contributed by atoms with Crippen molar-refractivity contribution in [1.82, 2.24) is 4.90 Å². The van der Waals surface area contributed by atoms with Crippen molar-refractivity contribution in [2.24, 2.45) is 5.92 Å². The first-order chi connectivity index (χ1) is 11.2. The molecule has 2 atom stereocenters. The van der Waals surface area contributed by atoms with Gasteiger partial charge in [-0.2, -0.15) is 0 Å². The molecule has 23 heavy (non-hydrogen) atoms. The van der Waals surface area contributed by atoms with Crippen molar-refractivity contribution in [3.63, 3.8) is 0 Å². The highest BCUT2D eigenvalue weighted by atomic mass is 16.2. The predicted molar refractivity (Wildman–Crippen MR) is 95.7 cm³/mol. The molecular formula is C20H30N2O. The summed E-state index contributed by atoms with van der Waals surface area (Å²) in [6.07, 6.45) is 8.91. The van der Waals surface area contributed by atoms with Crippen LogP contribution in [0.15, 0.2) is 18.2 Å². The summed E-state index contributed by atoms with van der Waals surface area (Å²) in [5.41, 5.74) is 3.41. The lowest BCUT2D eigenvalue weighted by molar-refractivity contribution is -0.118. The van der Waals surface area contributed by atoms with Crippen LogP contribution in [0.5, 0.6) is 0 Å². The third-order valence-electron chi connectivity index (χ3n) is 5.71. The number of benzene rings is 1. The molecule has 1 aromatic carbocycles. The molecule has 3 heteroatoms. The topological polar surface area (TPSA) is 32.3 Å². The number of hydrogen-bond donors (Lipinski definition) is 1. The van der Waals surface area contributed by atoms with E-state index in [-0.39, 0.29) is 5.91 Å². The number of aryl methyl sites for hydroxylation is 2. The van der Waals surface area contributed by atoms with Gasteiger partial charge in [-0.15, -0.1) is 0 Å². The molecule has 0 radical (unpaired) electrons. The number of para-hydroxylation sites is 1. The van der Waals surface area contributed by atoms with Gasteiger partial charge in [0.2, 0.25) is 5.91 Å². The smallest absolute Gasteiger partial charge is 0.238 e. The number of piperidine rings is 1. The molecule has 126 valence electrons. The zero-order valence-electron chi connectivity index (χ0n) is 14.6. The summed E-state index contributed by atoms with van der Waals surface area (Å²) in [5, 5.41) is 3.19. The Balaban J connectivity index is 1.65. The quantitative estimate of drug-likeness (QED) is 0.905. The van der Waals surface area contributed by atoms with Crippen molar-refractivity contribution < 1.29 is 4.79 Å². The molecule has 1 aliphatic carbocycles. The Hall–Kier alpha value is -1.35. The van der Waals surface area contributed by atoms with Gasteiger partial charge in [0.15, 0.2) is 0 Å². The minimum atomic E-state index is 0.153. The molecule has 0 spiro atoms. The lowest BCUT2D eigenvalue weighted by Gasteiger charge is -2.43. The summed E-state index contributed by atoms with van der Waals surface area (Å²) < 4.78 is 0. The zero-order valence-corrected chi connectivity index (χ0v) is 14.6. The number of anilines is 1. The van der Waals surface area contributed by atoms with E-state index < -0.39 is 0 Å². The fraction of sp³-hybridized carbons (Fsp3) is 0.650. The fourth-order valence-corrected chi connectivity index (χ4v) is 4.49. The highest BCUT2D eigenvalue weighted by Gasteiger charge is 2.33. The zero-order chi connectivity index (χ0) is 16.2. The fourth-order valence-electron chi connectivity index (χ4n) is 4.49. The number of carbonyl (C=O) groups excluding carboxylic acids is 1. The monoisotopic (exact) mass is 314 g/mol. The molecule has 0 unspecified atom stereocenters. The first-order valence-electron chi connectivity index (χ1n) is 9.31. The Morgan fingerprint density at radius 3 is 2.83 bits per heavy atom. The van der Waals surface area contributed by atoms with Crippen LogP contribution in [0.25, 0.3) is 0 Å². The molecule has 1 saturated heterocycles. The van der Waals surface area contributed by atoms with Crippen LogP contribution in [0.2, 0.25) is 0 Å². The summed E-state index contributed by atoms with van der Waals surface area (Å²) in [6.45, 7) is 5.86. The molecule has 0 bridgehead atoms.